The Morgan fingerprint density at radius 3 is 2.10 bits per heavy atom. The predicted molar refractivity (Wildman–Crippen MR) is 44.8 cm³/mol. The lowest BCUT2D eigenvalue weighted by atomic mass is 9.89. The van der Waals surface area contributed by atoms with Crippen molar-refractivity contribution in [3.8, 4) is 0 Å². The summed E-state index contributed by atoms with van der Waals surface area (Å²) in [6.07, 6.45) is 2.41. The Morgan fingerprint density at radius 1 is 1.60 bits per heavy atom. The van der Waals surface area contributed by atoms with E-state index in [9.17, 15) is 0 Å². The molecule has 2 N–H and O–H groups in total. The molecule has 1 heteroatoms. The highest BCUT2D eigenvalue weighted by molar-refractivity contribution is 5.06. The van der Waals surface area contributed by atoms with E-state index in [1.807, 2.05) is 0 Å². The molecule has 0 spiro atoms. The largest absolute Gasteiger partial charge is 0.325 e. The first-order valence-corrected chi connectivity index (χ1v) is 4.19. The standard InChI is InChI=1S/C9H19N/c1-5-9(4,10)7-6-8(7,2)3/h7H,5-6,10H2,1-4H3. The van der Waals surface area contributed by atoms with Gasteiger partial charge < -0.3 is 5.73 Å². The van der Waals surface area contributed by atoms with Crippen molar-refractivity contribution in [1.29, 1.82) is 0 Å². The molecule has 0 aromatic carbocycles. The summed E-state index contributed by atoms with van der Waals surface area (Å²) in [6, 6.07) is 0. The van der Waals surface area contributed by atoms with Crippen molar-refractivity contribution in [2.45, 2.75) is 46.1 Å². The summed E-state index contributed by atoms with van der Waals surface area (Å²) in [4.78, 5) is 0. The van der Waals surface area contributed by atoms with Crippen LogP contribution in [0.15, 0.2) is 0 Å². The van der Waals surface area contributed by atoms with Crippen LogP contribution in [0, 0.1) is 11.3 Å². The van der Waals surface area contributed by atoms with Gasteiger partial charge in [-0.1, -0.05) is 20.8 Å². The highest BCUT2D eigenvalue weighted by Crippen LogP contribution is 2.57. The third-order valence-corrected chi connectivity index (χ3v) is 3.07. The molecule has 1 nitrogen and oxygen atoms in total. The van der Waals surface area contributed by atoms with Gasteiger partial charge in [-0.05, 0) is 31.1 Å². The Balaban J connectivity index is 2.54. The molecule has 60 valence electrons. The highest BCUT2D eigenvalue weighted by Gasteiger charge is 2.53. The molecule has 0 heterocycles. The van der Waals surface area contributed by atoms with Gasteiger partial charge in [-0.25, -0.2) is 0 Å². The van der Waals surface area contributed by atoms with Gasteiger partial charge in [0.25, 0.3) is 0 Å². The number of rotatable bonds is 2. The topological polar surface area (TPSA) is 26.0 Å². The van der Waals surface area contributed by atoms with Crippen LogP contribution >= 0.6 is 0 Å². The van der Waals surface area contributed by atoms with Crippen LogP contribution in [0.5, 0.6) is 0 Å². The van der Waals surface area contributed by atoms with E-state index < -0.39 is 0 Å². The fourth-order valence-electron chi connectivity index (χ4n) is 1.84. The first kappa shape index (κ1) is 8.06. The average Bonchev–Trinajstić information content (AvgIpc) is 2.41. The van der Waals surface area contributed by atoms with E-state index in [1.165, 1.54) is 6.42 Å². The second kappa shape index (κ2) is 1.97. The second-order valence-electron chi connectivity index (χ2n) is 4.60. The fraction of sp³-hybridized carbons (Fsp3) is 1.00. The van der Waals surface area contributed by atoms with Crippen LogP contribution in [0.2, 0.25) is 0 Å². The van der Waals surface area contributed by atoms with Crippen molar-refractivity contribution in [2.24, 2.45) is 17.1 Å². The summed E-state index contributed by atoms with van der Waals surface area (Å²) in [5.74, 6) is 0.755. The maximum absolute atomic E-state index is 6.10. The summed E-state index contributed by atoms with van der Waals surface area (Å²) in [5.41, 5.74) is 6.71. The van der Waals surface area contributed by atoms with E-state index in [0.717, 1.165) is 12.3 Å². The molecule has 0 radical (unpaired) electrons. The monoisotopic (exact) mass is 141 g/mol. The Bertz CT molecular complexity index is 136. The molecule has 10 heavy (non-hydrogen) atoms. The minimum atomic E-state index is 0.0868. The van der Waals surface area contributed by atoms with Crippen LogP contribution in [-0.4, -0.2) is 5.54 Å². The van der Waals surface area contributed by atoms with Gasteiger partial charge in [0.2, 0.25) is 0 Å². The Morgan fingerprint density at radius 2 is 2.00 bits per heavy atom. The molecule has 2 unspecified atom stereocenters. The second-order valence-corrected chi connectivity index (χ2v) is 4.60. The molecular weight excluding hydrogens is 122 g/mol. The van der Waals surface area contributed by atoms with E-state index in [2.05, 4.69) is 27.7 Å². The van der Waals surface area contributed by atoms with Crippen molar-refractivity contribution < 1.29 is 0 Å². The molecule has 1 rings (SSSR count). The number of hydrogen-bond acceptors (Lipinski definition) is 1. The van der Waals surface area contributed by atoms with Crippen LogP contribution < -0.4 is 5.73 Å². The zero-order chi connectivity index (χ0) is 7.99. The van der Waals surface area contributed by atoms with Gasteiger partial charge in [0.1, 0.15) is 0 Å². The van der Waals surface area contributed by atoms with E-state index in [-0.39, 0.29) is 5.54 Å². The van der Waals surface area contributed by atoms with Gasteiger partial charge in [0, 0.05) is 5.54 Å². The minimum absolute atomic E-state index is 0.0868. The smallest absolute Gasteiger partial charge is 0.0157 e. The third-order valence-electron chi connectivity index (χ3n) is 3.07. The van der Waals surface area contributed by atoms with Crippen molar-refractivity contribution in [1.82, 2.24) is 0 Å². The van der Waals surface area contributed by atoms with Crippen molar-refractivity contribution in [3.05, 3.63) is 0 Å². The van der Waals surface area contributed by atoms with Gasteiger partial charge >= 0.3 is 0 Å². The van der Waals surface area contributed by atoms with E-state index >= 15 is 0 Å². The number of hydrogen-bond donors (Lipinski definition) is 1. The quantitative estimate of drug-likeness (QED) is 0.626. The highest BCUT2D eigenvalue weighted by atomic mass is 14.8. The molecule has 1 aliphatic rings. The summed E-state index contributed by atoms with van der Waals surface area (Å²) in [6.45, 7) is 8.96. The third kappa shape index (κ3) is 1.20. The molecule has 0 bridgehead atoms. The van der Waals surface area contributed by atoms with E-state index in [0.29, 0.717) is 5.41 Å². The SMILES string of the molecule is CCC(C)(N)C1CC1(C)C. The summed E-state index contributed by atoms with van der Waals surface area (Å²) >= 11 is 0. The normalized spacial score (nSPS) is 35.1. The molecule has 0 aromatic rings. The number of nitrogens with two attached hydrogens (primary N) is 1. The van der Waals surface area contributed by atoms with E-state index in [1.54, 1.807) is 0 Å². The minimum Gasteiger partial charge on any atom is -0.325 e. The molecule has 0 saturated heterocycles. The zero-order valence-corrected chi connectivity index (χ0v) is 7.57. The molecule has 1 fully saturated rings. The molecule has 0 aromatic heterocycles. The predicted octanol–water partition coefficient (Wildman–Crippen LogP) is 2.16. The molecule has 1 aliphatic carbocycles. The zero-order valence-electron chi connectivity index (χ0n) is 7.57. The summed E-state index contributed by atoms with van der Waals surface area (Å²) in [7, 11) is 0. The Labute approximate surface area is 64.0 Å². The molecule has 2 atom stereocenters. The maximum atomic E-state index is 6.10. The van der Waals surface area contributed by atoms with Gasteiger partial charge in [-0.2, -0.15) is 0 Å². The van der Waals surface area contributed by atoms with Crippen LogP contribution in [-0.2, 0) is 0 Å². The van der Waals surface area contributed by atoms with Crippen LogP contribution in [0.1, 0.15) is 40.5 Å². The molecular formula is C9H19N. The lowest BCUT2D eigenvalue weighted by Gasteiger charge is -2.24. The van der Waals surface area contributed by atoms with Gasteiger partial charge in [0.15, 0.2) is 0 Å². The lowest BCUT2D eigenvalue weighted by Crippen LogP contribution is -2.39. The Kier molecular flexibility index (Phi) is 1.59. The van der Waals surface area contributed by atoms with Gasteiger partial charge in [0.05, 0.1) is 0 Å². The molecule has 1 saturated carbocycles. The summed E-state index contributed by atoms with van der Waals surface area (Å²) < 4.78 is 0. The van der Waals surface area contributed by atoms with Crippen molar-refractivity contribution >= 4 is 0 Å². The van der Waals surface area contributed by atoms with Gasteiger partial charge in [-0.15, -0.1) is 0 Å². The average molecular weight is 141 g/mol. The maximum Gasteiger partial charge on any atom is 0.0157 e. The summed E-state index contributed by atoms with van der Waals surface area (Å²) in [5, 5.41) is 0. The first-order valence-electron chi connectivity index (χ1n) is 4.19. The molecule has 0 amide bonds. The van der Waals surface area contributed by atoms with Crippen molar-refractivity contribution in [3.63, 3.8) is 0 Å². The van der Waals surface area contributed by atoms with Crippen LogP contribution in [0.3, 0.4) is 0 Å². The van der Waals surface area contributed by atoms with Crippen molar-refractivity contribution in [2.75, 3.05) is 0 Å². The van der Waals surface area contributed by atoms with E-state index in [4.69, 9.17) is 5.73 Å². The fourth-order valence-corrected chi connectivity index (χ4v) is 1.84. The van der Waals surface area contributed by atoms with Gasteiger partial charge in [-0.3, -0.25) is 0 Å². The lowest BCUT2D eigenvalue weighted by molar-refractivity contribution is 0.342. The molecule has 0 aliphatic heterocycles. The Hall–Kier alpha value is -0.0400. The van der Waals surface area contributed by atoms with Crippen LogP contribution in [0.4, 0.5) is 0 Å². The first-order chi connectivity index (χ1) is 4.40. The van der Waals surface area contributed by atoms with Crippen LogP contribution in [0.25, 0.3) is 0 Å².